The first kappa shape index (κ1) is 14.4. The Labute approximate surface area is 108 Å². The van der Waals surface area contributed by atoms with Gasteiger partial charge in [0.05, 0.1) is 12.7 Å². The fourth-order valence-corrected chi connectivity index (χ4v) is 2.34. The molecule has 98 valence electrons. The lowest BCUT2D eigenvalue weighted by molar-refractivity contribution is -0.120. The molecule has 1 aromatic rings. The average molecular weight is 248 g/mol. The number of benzene rings is 1. The molecular weight excluding hydrogens is 228 g/mol. The number of rotatable bonds is 3. The molecule has 3 nitrogen and oxygen atoms in total. The number of hydrogen-bond acceptors (Lipinski definition) is 3. The van der Waals surface area contributed by atoms with Gasteiger partial charge in [0.25, 0.3) is 0 Å². The van der Waals surface area contributed by atoms with Crippen molar-refractivity contribution in [1.29, 1.82) is 0 Å². The predicted octanol–water partition coefficient (Wildman–Crippen LogP) is 3.19. The molecule has 0 radical (unpaired) electrons. The summed E-state index contributed by atoms with van der Waals surface area (Å²) in [6.45, 7) is 7.54. The smallest absolute Gasteiger partial charge is 0.338 e. The first-order chi connectivity index (χ1) is 8.29. The highest BCUT2D eigenvalue weighted by atomic mass is 16.5. The summed E-state index contributed by atoms with van der Waals surface area (Å²) in [4.78, 5) is 23.7. The van der Waals surface area contributed by atoms with E-state index in [0.717, 1.165) is 5.56 Å². The summed E-state index contributed by atoms with van der Waals surface area (Å²) in [5, 5.41) is 0. The van der Waals surface area contributed by atoms with E-state index in [1.807, 2.05) is 32.9 Å². The molecule has 0 aliphatic carbocycles. The summed E-state index contributed by atoms with van der Waals surface area (Å²) >= 11 is 0. The molecule has 0 saturated heterocycles. The van der Waals surface area contributed by atoms with Crippen LogP contribution in [0.25, 0.3) is 0 Å². The van der Waals surface area contributed by atoms with Crippen LogP contribution in [0.2, 0.25) is 0 Å². The Balaban J connectivity index is 3.38. The monoisotopic (exact) mass is 248 g/mol. The molecule has 3 heteroatoms. The van der Waals surface area contributed by atoms with Crippen LogP contribution in [0.1, 0.15) is 49.5 Å². The molecule has 0 bridgehead atoms. The lowest BCUT2D eigenvalue weighted by Crippen LogP contribution is -2.26. The molecule has 1 rings (SSSR count). The minimum Gasteiger partial charge on any atom is -0.465 e. The van der Waals surface area contributed by atoms with Gasteiger partial charge in [0.1, 0.15) is 5.78 Å². The normalized spacial score (nSPS) is 12.9. The zero-order valence-electron chi connectivity index (χ0n) is 11.6. The van der Waals surface area contributed by atoms with Crippen molar-refractivity contribution in [1.82, 2.24) is 0 Å². The molecule has 0 fully saturated rings. The van der Waals surface area contributed by atoms with Crippen LogP contribution in [0.15, 0.2) is 24.3 Å². The van der Waals surface area contributed by atoms with Crippen molar-refractivity contribution in [2.45, 2.75) is 33.6 Å². The highest BCUT2D eigenvalue weighted by Gasteiger charge is 2.33. The van der Waals surface area contributed by atoms with E-state index < -0.39 is 5.97 Å². The van der Waals surface area contributed by atoms with Crippen molar-refractivity contribution in [2.75, 3.05) is 7.11 Å². The topological polar surface area (TPSA) is 43.4 Å². The summed E-state index contributed by atoms with van der Waals surface area (Å²) in [5.74, 6) is -0.659. The van der Waals surface area contributed by atoms with Gasteiger partial charge in [0.2, 0.25) is 0 Å². The van der Waals surface area contributed by atoms with E-state index in [4.69, 9.17) is 4.74 Å². The number of carbonyl (C=O) groups is 2. The van der Waals surface area contributed by atoms with Gasteiger partial charge in [-0.15, -0.1) is 0 Å². The van der Waals surface area contributed by atoms with Crippen LogP contribution in [0.5, 0.6) is 0 Å². The number of carbonyl (C=O) groups excluding carboxylic acids is 2. The summed E-state index contributed by atoms with van der Waals surface area (Å²) in [5.41, 5.74) is 0.968. The van der Waals surface area contributed by atoms with Gasteiger partial charge < -0.3 is 4.74 Å². The standard InChI is InChI=1S/C15H20O3/c1-10(16)13(15(2,3)4)11-8-6-7-9-12(11)14(17)18-5/h6-9,13H,1-5H3. The second-order valence-corrected chi connectivity index (χ2v) is 5.49. The highest BCUT2D eigenvalue weighted by Crippen LogP contribution is 2.37. The molecule has 0 aliphatic heterocycles. The Morgan fingerprint density at radius 1 is 1.17 bits per heavy atom. The maximum atomic E-state index is 11.9. The first-order valence-electron chi connectivity index (χ1n) is 5.96. The lowest BCUT2D eigenvalue weighted by Gasteiger charge is -2.30. The minimum absolute atomic E-state index is 0.0545. The molecule has 0 amide bonds. The number of methoxy groups -OCH3 is 1. The second kappa shape index (κ2) is 5.34. The van der Waals surface area contributed by atoms with E-state index in [0.29, 0.717) is 5.56 Å². The largest absolute Gasteiger partial charge is 0.465 e. The van der Waals surface area contributed by atoms with Gasteiger partial charge in [-0.05, 0) is 24.0 Å². The van der Waals surface area contributed by atoms with E-state index >= 15 is 0 Å². The number of Topliss-reactive ketones (excluding diaryl/α,β-unsaturated/α-hetero) is 1. The van der Waals surface area contributed by atoms with E-state index in [1.54, 1.807) is 19.1 Å². The van der Waals surface area contributed by atoms with Crippen LogP contribution >= 0.6 is 0 Å². The summed E-state index contributed by atoms with van der Waals surface area (Å²) in [7, 11) is 1.35. The Kier molecular flexibility index (Phi) is 4.28. The summed E-state index contributed by atoms with van der Waals surface area (Å²) in [6.07, 6.45) is 0. The molecule has 0 heterocycles. The number of ether oxygens (including phenoxy) is 1. The average Bonchev–Trinajstić information content (AvgIpc) is 2.26. The van der Waals surface area contributed by atoms with Crippen LogP contribution in [0.3, 0.4) is 0 Å². The van der Waals surface area contributed by atoms with Crippen LogP contribution in [0.4, 0.5) is 0 Å². The molecule has 1 unspecified atom stereocenters. The van der Waals surface area contributed by atoms with E-state index in [9.17, 15) is 9.59 Å². The molecule has 1 aromatic carbocycles. The van der Waals surface area contributed by atoms with Crippen molar-refractivity contribution in [2.24, 2.45) is 5.41 Å². The van der Waals surface area contributed by atoms with Gasteiger partial charge in [0, 0.05) is 5.92 Å². The number of ketones is 1. The van der Waals surface area contributed by atoms with E-state index in [-0.39, 0.29) is 17.1 Å². The van der Waals surface area contributed by atoms with Gasteiger partial charge in [-0.3, -0.25) is 4.79 Å². The Bertz CT molecular complexity index is 455. The molecule has 0 aromatic heterocycles. The van der Waals surface area contributed by atoms with Crippen molar-refractivity contribution >= 4 is 11.8 Å². The lowest BCUT2D eigenvalue weighted by atomic mass is 9.73. The zero-order valence-corrected chi connectivity index (χ0v) is 11.6. The van der Waals surface area contributed by atoms with E-state index in [2.05, 4.69) is 0 Å². The van der Waals surface area contributed by atoms with Crippen molar-refractivity contribution in [3.63, 3.8) is 0 Å². The SMILES string of the molecule is COC(=O)c1ccccc1C(C(C)=O)C(C)(C)C. The fourth-order valence-electron chi connectivity index (χ4n) is 2.34. The third-order valence-electron chi connectivity index (χ3n) is 2.95. The molecule has 0 aliphatic rings. The zero-order chi connectivity index (χ0) is 13.9. The minimum atomic E-state index is -0.402. The number of esters is 1. The van der Waals surface area contributed by atoms with Crippen LogP contribution in [-0.4, -0.2) is 18.9 Å². The fraction of sp³-hybridized carbons (Fsp3) is 0.467. The van der Waals surface area contributed by atoms with Gasteiger partial charge >= 0.3 is 5.97 Å². The molecule has 0 N–H and O–H groups in total. The van der Waals surface area contributed by atoms with E-state index in [1.165, 1.54) is 7.11 Å². The Morgan fingerprint density at radius 2 is 1.72 bits per heavy atom. The molecular formula is C15H20O3. The molecule has 1 atom stereocenters. The van der Waals surface area contributed by atoms with Crippen LogP contribution in [0, 0.1) is 5.41 Å². The molecule has 0 spiro atoms. The van der Waals surface area contributed by atoms with Gasteiger partial charge in [-0.25, -0.2) is 4.79 Å². The maximum absolute atomic E-state index is 11.9. The van der Waals surface area contributed by atoms with Crippen LogP contribution in [-0.2, 0) is 9.53 Å². The second-order valence-electron chi connectivity index (χ2n) is 5.49. The molecule has 18 heavy (non-hydrogen) atoms. The summed E-state index contributed by atoms with van der Waals surface area (Å²) < 4.78 is 4.77. The Hall–Kier alpha value is -1.64. The van der Waals surface area contributed by atoms with Crippen molar-refractivity contribution in [3.05, 3.63) is 35.4 Å². The van der Waals surface area contributed by atoms with Gasteiger partial charge in [0.15, 0.2) is 0 Å². The highest BCUT2D eigenvalue weighted by molar-refractivity contribution is 5.94. The first-order valence-corrected chi connectivity index (χ1v) is 5.96. The van der Waals surface area contributed by atoms with Gasteiger partial charge in [-0.2, -0.15) is 0 Å². The predicted molar refractivity (Wildman–Crippen MR) is 70.7 cm³/mol. The number of hydrogen-bond donors (Lipinski definition) is 0. The maximum Gasteiger partial charge on any atom is 0.338 e. The quantitative estimate of drug-likeness (QED) is 0.771. The van der Waals surface area contributed by atoms with Crippen molar-refractivity contribution < 1.29 is 14.3 Å². The third kappa shape index (κ3) is 2.97. The third-order valence-corrected chi connectivity index (χ3v) is 2.95. The van der Waals surface area contributed by atoms with Gasteiger partial charge in [-0.1, -0.05) is 39.0 Å². The van der Waals surface area contributed by atoms with Crippen LogP contribution < -0.4 is 0 Å². The molecule has 0 saturated carbocycles. The van der Waals surface area contributed by atoms with Crippen molar-refractivity contribution in [3.8, 4) is 0 Å². The Morgan fingerprint density at radius 3 is 2.17 bits per heavy atom. The summed E-state index contributed by atoms with van der Waals surface area (Å²) in [6, 6.07) is 7.13.